The molecule has 1 aromatic carbocycles. The average Bonchev–Trinajstić information content (AvgIpc) is 2.74. The molecule has 2 aromatic rings. The summed E-state index contributed by atoms with van der Waals surface area (Å²) in [6, 6.07) is 7.94. The van der Waals surface area contributed by atoms with Crippen LogP contribution in [0.2, 0.25) is 0 Å². The molecule has 1 aromatic heterocycles. The number of H-pyrrole nitrogens is 1. The monoisotopic (exact) mass is 332 g/mol. The van der Waals surface area contributed by atoms with Crippen LogP contribution in [0.4, 0.5) is 0 Å². The maximum Gasteiger partial charge on any atom is 0.305 e. The normalized spacial score (nSPS) is 16.2. The molecule has 5 heteroatoms. The van der Waals surface area contributed by atoms with Crippen LogP contribution in [0.15, 0.2) is 29.1 Å². The van der Waals surface area contributed by atoms with E-state index in [2.05, 4.69) is 9.88 Å². The second-order valence-electron chi connectivity index (χ2n) is 5.93. The Balaban J connectivity index is 1.90. The predicted molar refractivity (Wildman–Crippen MR) is 95.3 cm³/mol. The number of aromatic amines is 1. The Hall–Kier alpha value is -1.59. The number of nitrogens with zero attached hydrogens (tertiary/aromatic N) is 1. The maximum absolute atomic E-state index is 12.0. The van der Waals surface area contributed by atoms with E-state index >= 15 is 0 Å². The van der Waals surface area contributed by atoms with Crippen molar-refractivity contribution in [2.75, 3.05) is 19.7 Å². The summed E-state index contributed by atoms with van der Waals surface area (Å²) < 4.78 is 5.73. The molecule has 4 nitrogen and oxygen atoms in total. The highest BCUT2D eigenvalue weighted by molar-refractivity contribution is 7.09. The van der Waals surface area contributed by atoms with Crippen molar-refractivity contribution in [3.8, 4) is 17.0 Å². The van der Waals surface area contributed by atoms with Crippen molar-refractivity contribution in [1.29, 1.82) is 0 Å². The molecule has 0 atom stereocenters. The third-order valence-electron chi connectivity index (χ3n) is 4.24. The van der Waals surface area contributed by atoms with Gasteiger partial charge in [0.25, 0.3) is 0 Å². The number of rotatable bonds is 5. The van der Waals surface area contributed by atoms with Crippen LogP contribution >= 0.6 is 11.3 Å². The van der Waals surface area contributed by atoms with E-state index in [0.717, 1.165) is 41.5 Å². The van der Waals surface area contributed by atoms with Crippen LogP contribution < -0.4 is 9.61 Å². The van der Waals surface area contributed by atoms with Gasteiger partial charge in [0, 0.05) is 17.0 Å². The third kappa shape index (κ3) is 4.03. The molecule has 0 aliphatic carbocycles. The number of nitrogens with one attached hydrogen (secondary N) is 1. The van der Waals surface area contributed by atoms with E-state index in [1.54, 1.807) is 0 Å². The van der Waals surface area contributed by atoms with Gasteiger partial charge in [-0.25, -0.2) is 0 Å². The molecule has 3 rings (SSSR count). The summed E-state index contributed by atoms with van der Waals surface area (Å²) in [5, 5.41) is 0. The van der Waals surface area contributed by atoms with E-state index in [0.29, 0.717) is 6.61 Å². The topological polar surface area (TPSA) is 45.3 Å². The number of hydrogen-bond donors (Lipinski definition) is 1. The van der Waals surface area contributed by atoms with Crippen molar-refractivity contribution in [3.05, 3.63) is 38.8 Å². The van der Waals surface area contributed by atoms with Crippen molar-refractivity contribution >= 4 is 11.3 Å². The molecule has 23 heavy (non-hydrogen) atoms. The third-order valence-corrected chi connectivity index (χ3v) is 5.11. The highest BCUT2D eigenvalue weighted by Gasteiger charge is 2.18. The lowest BCUT2D eigenvalue weighted by molar-refractivity contribution is 0.279. The Labute approximate surface area is 141 Å². The van der Waals surface area contributed by atoms with Gasteiger partial charge < -0.3 is 9.72 Å². The van der Waals surface area contributed by atoms with Gasteiger partial charge in [-0.1, -0.05) is 36.3 Å². The summed E-state index contributed by atoms with van der Waals surface area (Å²) in [6.07, 6.45) is 5.15. The molecule has 1 fully saturated rings. The van der Waals surface area contributed by atoms with E-state index in [4.69, 9.17) is 4.74 Å². The Kier molecular flexibility index (Phi) is 5.51. The summed E-state index contributed by atoms with van der Waals surface area (Å²) in [6.45, 7) is 5.69. The van der Waals surface area contributed by atoms with Crippen LogP contribution in [0, 0.1) is 0 Å². The van der Waals surface area contributed by atoms with E-state index in [-0.39, 0.29) is 4.87 Å². The smallest absolute Gasteiger partial charge is 0.305 e. The molecule has 2 heterocycles. The SMILES string of the molecule is CCOc1ccccc1-c1[nH]c(=O)sc1CN1CCCCCC1. The van der Waals surface area contributed by atoms with Crippen molar-refractivity contribution in [2.24, 2.45) is 0 Å². The zero-order valence-corrected chi connectivity index (χ0v) is 14.5. The molecular formula is C18H24N2O2S. The standard InChI is InChI=1S/C18H24N2O2S/c1-2-22-15-10-6-5-9-14(15)17-16(23-18(21)19-17)13-20-11-7-3-4-8-12-20/h5-6,9-10H,2-4,7-8,11-13H2,1H3,(H,19,21). The molecule has 1 saturated heterocycles. The molecule has 0 saturated carbocycles. The number of hydrogen-bond acceptors (Lipinski definition) is 4. The van der Waals surface area contributed by atoms with Crippen LogP contribution in [0.25, 0.3) is 11.3 Å². The quantitative estimate of drug-likeness (QED) is 0.904. The molecule has 1 N–H and O–H groups in total. The molecular weight excluding hydrogens is 308 g/mol. The molecule has 124 valence electrons. The minimum absolute atomic E-state index is 0.0103. The van der Waals surface area contributed by atoms with Gasteiger partial charge in [-0.2, -0.15) is 0 Å². The van der Waals surface area contributed by atoms with Crippen molar-refractivity contribution in [2.45, 2.75) is 39.2 Å². The summed E-state index contributed by atoms with van der Waals surface area (Å²) >= 11 is 1.33. The van der Waals surface area contributed by atoms with E-state index in [1.807, 2.05) is 31.2 Å². The molecule has 0 amide bonds. The summed E-state index contributed by atoms with van der Waals surface area (Å²) in [7, 11) is 0. The second-order valence-corrected chi connectivity index (χ2v) is 7.00. The van der Waals surface area contributed by atoms with Gasteiger partial charge in [-0.05, 0) is 45.0 Å². The van der Waals surface area contributed by atoms with Crippen molar-refractivity contribution in [3.63, 3.8) is 0 Å². The fourth-order valence-electron chi connectivity index (χ4n) is 3.14. The van der Waals surface area contributed by atoms with Crippen LogP contribution in [0.1, 0.15) is 37.5 Å². The van der Waals surface area contributed by atoms with Crippen molar-refractivity contribution < 1.29 is 4.74 Å². The lowest BCUT2D eigenvalue weighted by Crippen LogP contribution is -2.23. The van der Waals surface area contributed by atoms with Gasteiger partial charge in [-0.15, -0.1) is 0 Å². The largest absolute Gasteiger partial charge is 0.493 e. The van der Waals surface area contributed by atoms with Crippen LogP contribution in [-0.4, -0.2) is 29.6 Å². The van der Waals surface area contributed by atoms with Crippen LogP contribution in [0.5, 0.6) is 5.75 Å². The first-order valence-electron chi connectivity index (χ1n) is 8.44. The molecule has 0 radical (unpaired) electrons. The lowest BCUT2D eigenvalue weighted by Gasteiger charge is -2.19. The van der Waals surface area contributed by atoms with Gasteiger partial charge >= 0.3 is 4.87 Å². The number of ether oxygens (including phenoxy) is 1. The van der Waals surface area contributed by atoms with E-state index in [9.17, 15) is 4.79 Å². The van der Waals surface area contributed by atoms with Crippen LogP contribution in [0.3, 0.4) is 0 Å². The zero-order valence-electron chi connectivity index (χ0n) is 13.6. The van der Waals surface area contributed by atoms with E-state index in [1.165, 1.54) is 37.0 Å². The molecule has 1 aliphatic rings. The first-order valence-corrected chi connectivity index (χ1v) is 9.26. The fourth-order valence-corrected chi connectivity index (χ4v) is 4.03. The second kappa shape index (κ2) is 7.79. The van der Waals surface area contributed by atoms with Gasteiger partial charge in [0.05, 0.1) is 12.3 Å². The number of thiazole rings is 1. The summed E-state index contributed by atoms with van der Waals surface area (Å²) in [4.78, 5) is 18.6. The highest BCUT2D eigenvalue weighted by Crippen LogP contribution is 2.32. The first kappa shape index (κ1) is 16.3. The Morgan fingerprint density at radius 2 is 1.91 bits per heavy atom. The number of benzene rings is 1. The fraction of sp³-hybridized carbons (Fsp3) is 0.500. The predicted octanol–water partition coefficient (Wildman–Crippen LogP) is 3.88. The molecule has 0 spiro atoms. The Bertz CT molecular complexity index is 684. The zero-order chi connectivity index (χ0) is 16.1. The van der Waals surface area contributed by atoms with Gasteiger partial charge in [-0.3, -0.25) is 9.69 Å². The van der Waals surface area contributed by atoms with E-state index < -0.39 is 0 Å². The van der Waals surface area contributed by atoms with Crippen molar-refractivity contribution in [1.82, 2.24) is 9.88 Å². The summed E-state index contributed by atoms with van der Waals surface area (Å²) in [5.74, 6) is 0.834. The highest BCUT2D eigenvalue weighted by atomic mass is 32.1. The van der Waals surface area contributed by atoms with Gasteiger partial charge in [0.1, 0.15) is 5.75 Å². The number of likely N-dealkylation sites (tertiary alicyclic amines) is 1. The molecule has 1 aliphatic heterocycles. The van der Waals surface area contributed by atoms with Crippen LogP contribution in [-0.2, 0) is 6.54 Å². The number of aromatic nitrogens is 1. The Morgan fingerprint density at radius 3 is 2.65 bits per heavy atom. The lowest BCUT2D eigenvalue weighted by atomic mass is 10.1. The van der Waals surface area contributed by atoms with Gasteiger partial charge in [0.2, 0.25) is 0 Å². The Morgan fingerprint density at radius 1 is 1.17 bits per heavy atom. The number of para-hydroxylation sites is 1. The molecule has 0 unspecified atom stereocenters. The molecule has 0 bridgehead atoms. The van der Waals surface area contributed by atoms with Gasteiger partial charge in [0.15, 0.2) is 0 Å². The summed E-state index contributed by atoms with van der Waals surface area (Å²) in [5.41, 5.74) is 1.91. The first-order chi connectivity index (χ1) is 11.3. The minimum Gasteiger partial charge on any atom is -0.493 e. The minimum atomic E-state index is 0.0103. The average molecular weight is 332 g/mol. The maximum atomic E-state index is 12.0.